The first-order chi connectivity index (χ1) is 20.7. The van der Waals surface area contributed by atoms with Gasteiger partial charge in [0, 0.05) is 51.7 Å². The van der Waals surface area contributed by atoms with Crippen molar-refractivity contribution in [3.63, 3.8) is 0 Å². The Bertz CT molecular complexity index is 1860. The molecule has 43 heavy (non-hydrogen) atoms. The Labute approximate surface area is 255 Å². The van der Waals surface area contributed by atoms with Crippen molar-refractivity contribution in [2.45, 2.75) is 46.9 Å². The van der Waals surface area contributed by atoms with Crippen LogP contribution in [-0.2, 0) is 29.2 Å². The zero-order valence-corrected chi connectivity index (χ0v) is 25.7. The number of nitrogens with one attached hydrogen (secondary N) is 1. The Morgan fingerprint density at radius 3 is 2.56 bits per heavy atom. The third-order valence-electron chi connectivity index (χ3n) is 7.80. The quantitative estimate of drug-likeness (QED) is 0.156. The second kappa shape index (κ2) is 12.5. The van der Waals surface area contributed by atoms with Gasteiger partial charge in [-0.2, -0.15) is 5.10 Å². The number of methoxy groups -OCH3 is 1. The second-order valence-corrected chi connectivity index (χ2v) is 10.9. The van der Waals surface area contributed by atoms with E-state index in [-0.39, 0.29) is 19.1 Å². The highest BCUT2D eigenvalue weighted by molar-refractivity contribution is 6.35. The topological polar surface area (TPSA) is 108 Å². The van der Waals surface area contributed by atoms with Crippen LogP contribution in [0.1, 0.15) is 39.4 Å². The van der Waals surface area contributed by atoms with E-state index in [0.717, 1.165) is 33.0 Å². The zero-order chi connectivity index (χ0) is 30.8. The predicted molar refractivity (Wildman–Crippen MR) is 168 cm³/mol. The maximum absolute atomic E-state index is 13.1. The fourth-order valence-electron chi connectivity index (χ4n) is 5.81. The lowest BCUT2D eigenvalue weighted by atomic mass is 9.97. The number of aromatic nitrogens is 3. The van der Waals surface area contributed by atoms with Crippen LogP contribution in [0.4, 0.5) is 0 Å². The molecule has 224 valence electrons. The summed E-state index contributed by atoms with van der Waals surface area (Å²) in [5.41, 5.74) is 5.38. The molecule has 5 aromatic rings. The van der Waals surface area contributed by atoms with Crippen LogP contribution in [0.15, 0.2) is 48.5 Å². The predicted octanol–water partition coefficient (Wildman–Crippen LogP) is 5.73. The molecular weight excluding hydrogens is 568 g/mol. The van der Waals surface area contributed by atoms with Crippen molar-refractivity contribution < 1.29 is 24.2 Å². The first kappa shape index (κ1) is 30.1. The molecule has 2 N–H and O–H groups in total. The second-order valence-electron chi connectivity index (χ2n) is 10.5. The number of fused-ring (bicyclic) bond motifs is 2. The van der Waals surface area contributed by atoms with Crippen LogP contribution in [0.3, 0.4) is 0 Å². The molecule has 0 aliphatic rings. The van der Waals surface area contributed by atoms with Crippen LogP contribution >= 0.6 is 11.6 Å². The highest BCUT2D eigenvalue weighted by Crippen LogP contribution is 2.42. The van der Waals surface area contributed by atoms with Crippen LogP contribution in [-0.4, -0.2) is 52.1 Å². The van der Waals surface area contributed by atoms with Gasteiger partial charge in [-0.25, -0.2) is 4.79 Å². The number of hydrogen-bond donors (Lipinski definition) is 2. The van der Waals surface area contributed by atoms with Crippen LogP contribution in [0.25, 0.3) is 32.8 Å². The largest absolute Gasteiger partial charge is 0.493 e. The minimum atomic E-state index is -0.462. The summed E-state index contributed by atoms with van der Waals surface area (Å²) < 4.78 is 14.9. The van der Waals surface area contributed by atoms with Crippen molar-refractivity contribution in [2.24, 2.45) is 0 Å². The Morgan fingerprint density at radius 2 is 1.84 bits per heavy atom. The number of amides is 1. The summed E-state index contributed by atoms with van der Waals surface area (Å²) >= 11 is 6.84. The molecule has 0 aliphatic carbocycles. The summed E-state index contributed by atoms with van der Waals surface area (Å²) in [6.45, 7) is 6.31. The number of carbonyl (C=O) groups excluding carboxylic acids is 2. The van der Waals surface area contributed by atoms with E-state index < -0.39 is 5.97 Å². The average molecular weight is 603 g/mol. The number of nitrogens with zero attached hydrogens (tertiary/aromatic N) is 3. The molecule has 3 aromatic carbocycles. The molecule has 0 saturated heterocycles. The summed E-state index contributed by atoms with van der Waals surface area (Å²) in [5, 5.41) is 20.7. The standard InChI is InChI=1S/C33H35ClN4O5/c1-19-15-22-9-6-7-10-23(22)27(16-19)43-14-8-13-37-26-12-11-24(34)31(29(26)20(2)32(37)33(41)42-5)30-21(3)38(17-28(40)35-4)36-25(30)18-39/h6-7,9-12,15-16,39H,8,13-14,17-18H2,1-5H3,(H,35,40). The molecule has 1 amide bonds. The van der Waals surface area contributed by atoms with Crippen molar-refractivity contribution >= 4 is 45.2 Å². The molecule has 0 bridgehead atoms. The number of carbonyl (C=O) groups is 2. The molecule has 5 rings (SSSR count). The zero-order valence-electron chi connectivity index (χ0n) is 25.0. The van der Waals surface area contributed by atoms with Gasteiger partial charge in [-0.1, -0.05) is 41.9 Å². The lowest BCUT2D eigenvalue weighted by Crippen LogP contribution is -2.24. The molecule has 10 heteroatoms. The van der Waals surface area contributed by atoms with E-state index >= 15 is 0 Å². The number of esters is 1. The van der Waals surface area contributed by atoms with Crippen LogP contribution in [0, 0.1) is 20.8 Å². The number of ether oxygens (including phenoxy) is 2. The van der Waals surface area contributed by atoms with E-state index in [1.54, 1.807) is 17.8 Å². The summed E-state index contributed by atoms with van der Waals surface area (Å²) in [5.74, 6) is 0.144. The monoisotopic (exact) mass is 602 g/mol. The van der Waals surface area contributed by atoms with E-state index in [2.05, 4.69) is 22.5 Å². The summed E-state index contributed by atoms with van der Waals surface area (Å²) in [6.07, 6.45) is 0.623. The fraction of sp³-hybridized carbons (Fsp3) is 0.303. The number of likely N-dealkylation sites (N-methyl/N-ethyl adjacent to an activating group) is 1. The molecule has 2 aromatic heterocycles. The number of aliphatic hydroxyl groups excluding tert-OH is 1. The summed E-state index contributed by atoms with van der Waals surface area (Å²) in [4.78, 5) is 25.3. The number of halogens is 1. The van der Waals surface area contributed by atoms with Crippen molar-refractivity contribution in [3.8, 4) is 16.9 Å². The van der Waals surface area contributed by atoms with Crippen LogP contribution < -0.4 is 10.1 Å². The van der Waals surface area contributed by atoms with E-state index in [1.165, 1.54) is 7.11 Å². The molecule has 2 heterocycles. The van der Waals surface area contributed by atoms with Crippen LogP contribution in [0.2, 0.25) is 5.02 Å². The highest BCUT2D eigenvalue weighted by atomic mass is 35.5. The van der Waals surface area contributed by atoms with Crippen LogP contribution in [0.5, 0.6) is 5.75 Å². The third kappa shape index (κ3) is 5.58. The van der Waals surface area contributed by atoms with Gasteiger partial charge in [-0.15, -0.1) is 0 Å². The normalized spacial score (nSPS) is 11.3. The van der Waals surface area contributed by atoms with Gasteiger partial charge in [-0.05, 0) is 61.9 Å². The van der Waals surface area contributed by atoms with Crippen molar-refractivity contribution in [1.82, 2.24) is 19.7 Å². The molecule has 0 atom stereocenters. The van der Waals surface area contributed by atoms with Gasteiger partial charge >= 0.3 is 5.97 Å². The summed E-state index contributed by atoms with van der Waals surface area (Å²) in [7, 11) is 2.92. The van der Waals surface area contributed by atoms with Crippen molar-refractivity contribution in [1.29, 1.82) is 0 Å². The maximum atomic E-state index is 13.1. The van der Waals surface area contributed by atoms with Crippen molar-refractivity contribution in [3.05, 3.63) is 81.8 Å². The van der Waals surface area contributed by atoms with Gasteiger partial charge < -0.3 is 24.5 Å². The molecule has 0 spiro atoms. The number of aryl methyl sites for hydroxylation is 3. The molecule has 0 aliphatic heterocycles. The number of benzene rings is 3. The Morgan fingerprint density at radius 1 is 1.07 bits per heavy atom. The Balaban J connectivity index is 1.55. The van der Waals surface area contributed by atoms with E-state index in [0.29, 0.717) is 58.4 Å². The van der Waals surface area contributed by atoms with E-state index in [4.69, 9.17) is 21.1 Å². The molecule has 0 radical (unpaired) electrons. The lowest BCUT2D eigenvalue weighted by Gasteiger charge is -2.13. The third-order valence-corrected chi connectivity index (χ3v) is 8.12. The number of rotatable bonds is 10. The first-order valence-corrected chi connectivity index (χ1v) is 14.5. The molecule has 0 saturated carbocycles. The lowest BCUT2D eigenvalue weighted by molar-refractivity contribution is -0.121. The van der Waals surface area contributed by atoms with E-state index in [1.807, 2.05) is 55.7 Å². The van der Waals surface area contributed by atoms with Gasteiger partial charge in [0.25, 0.3) is 0 Å². The van der Waals surface area contributed by atoms with Gasteiger partial charge in [-0.3, -0.25) is 9.48 Å². The average Bonchev–Trinajstić information content (AvgIpc) is 3.46. The van der Waals surface area contributed by atoms with Gasteiger partial charge in [0.1, 0.15) is 18.0 Å². The fourth-order valence-corrected chi connectivity index (χ4v) is 6.06. The van der Waals surface area contributed by atoms with Gasteiger partial charge in [0.15, 0.2) is 0 Å². The van der Waals surface area contributed by atoms with Gasteiger partial charge in [0.2, 0.25) is 5.91 Å². The SMILES string of the molecule is CNC(=O)Cn1nc(CO)c(-c2c(Cl)ccc3c2c(C)c(C(=O)OC)n3CCCOc2cc(C)cc3ccccc23)c1C. The summed E-state index contributed by atoms with van der Waals surface area (Å²) in [6, 6.07) is 16.0. The minimum Gasteiger partial charge on any atom is -0.493 e. The highest BCUT2D eigenvalue weighted by Gasteiger charge is 2.28. The van der Waals surface area contributed by atoms with Crippen molar-refractivity contribution in [2.75, 3.05) is 20.8 Å². The Hall–Kier alpha value is -4.34. The smallest absolute Gasteiger partial charge is 0.354 e. The Kier molecular flexibility index (Phi) is 8.75. The molecule has 0 fully saturated rings. The first-order valence-electron chi connectivity index (χ1n) is 14.1. The maximum Gasteiger partial charge on any atom is 0.354 e. The van der Waals surface area contributed by atoms with E-state index in [9.17, 15) is 14.7 Å². The number of aliphatic hydroxyl groups is 1. The molecular formula is C33H35ClN4O5. The minimum absolute atomic E-state index is 0.00738. The molecule has 0 unspecified atom stereocenters. The van der Waals surface area contributed by atoms with Gasteiger partial charge in [0.05, 0.1) is 26.0 Å². The molecule has 9 nitrogen and oxygen atoms in total. The number of hydrogen-bond acceptors (Lipinski definition) is 6.